The number of nitrogens with zero attached hydrogens (tertiary/aromatic N) is 1. The largest absolute Gasteiger partial charge is 0.493 e. The molecule has 4 aromatic rings. The van der Waals surface area contributed by atoms with Crippen molar-refractivity contribution in [2.24, 2.45) is 11.7 Å². The molecule has 5 rings (SSSR count). The average molecular weight is 561 g/mol. The molecule has 1 aromatic heterocycles. The van der Waals surface area contributed by atoms with E-state index < -0.39 is 11.9 Å². The first kappa shape index (κ1) is 26.4. The van der Waals surface area contributed by atoms with E-state index in [0.717, 1.165) is 15.6 Å². The van der Waals surface area contributed by atoms with Gasteiger partial charge in [-0.3, -0.25) is 0 Å². The Morgan fingerprint density at radius 2 is 1.95 bits per heavy atom. The Bertz CT molecular complexity index is 1650. The summed E-state index contributed by atoms with van der Waals surface area (Å²) >= 11 is 7.72. The lowest BCUT2D eigenvalue weighted by atomic mass is 9.83. The number of carbonyl (C=O) groups excluding carboxylic acids is 1. The van der Waals surface area contributed by atoms with Gasteiger partial charge in [-0.15, -0.1) is 11.3 Å². The van der Waals surface area contributed by atoms with Crippen LogP contribution in [0.3, 0.4) is 0 Å². The van der Waals surface area contributed by atoms with Gasteiger partial charge in [-0.1, -0.05) is 55.8 Å². The molecule has 0 fully saturated rings. The number of hydrogen-bond acceptors (Lipinski definition) is 8. The summed E-state index contributed by atoms with van der Waals surface area (Å²) in [6.07, 6.45) is 0. The third-order valence-corrected chi connectivity index (χ3v) is 7.87. The molecule has 2 N–H and O–H groups in total. The molecule has 0 saturated carbocycles. The van der Waals surface area contributed by atoms with Crippen molar-refractivity contribution in [1.82, 2.24) is 0 Å². The van der Waals surface area contributed by atoms with Gasteiger partial charge in [0, 0.05) is 21.7 Å². The second-order valence-electron chi connectivity index (χ2n) is 9.37. The number of nitrogens with two attached hydrogens (primary N) is 1. The molecule has 0 spiro atoms. The van der Waals surface area contributed by atoms with Crippen molar-refractivity contribution in [3.63, 3.8) is 0 Å². The maximum atomic E-state index is 13.0. The summed E-state index contributed by atoms with van der Waals surface area (Å²) in [5.41, 5.74) is 7.91. The summed E-state index contributed by atoms with van der Waals surface area (Å²) in [6, 6.07) is 20.2. The molecule has 0 aliphatic carbocycles. The van der Waals surface area contributed by atoms with Crippen LogP contribution in [0, 0.1) is 17.2 Å². The number of esters is 1. The molecule has 7 nitrogen and oxygen atoms in total. The molecule has 1 aliphatic heterocycles. The van der Waals surface area contributed by atoms with Crippen LogP contribution in [0.4, 0.5) is 0 Å². The maximum absolute atomic E-state index is 13.0. The zero-order valence-electron chi connectivity index (χ0n) is 21.5. The highest BCUT2D eigenvalue weighted by atomic mass is 35.5. The van der Waals surface area contributed by atoms with Crippen LogP contribution in [0.5, 0.6) is 23.0 Å². The van der Waals surface area contributed by atoms with Crippen LogP contribution < -0.4 is 24.7 Å². The average Bonchev–Trinajstić information content (AvgIpc) is 3.27. The number of carbonyl (C=O) groups is 1. The minimum absolute atomic E-state index is 0.0230. The van der Waals surface area contributed by atoms with E-state index in [1.165, 1.54) is 11.3 Å². The molecule has 1 aliphatic rings. The first-order chi connectivity index (χ1) is 18.8. The fourth-order valence-electron chi connectivity index (χ4n) is 4.38. The zero-order valence-corrected chi connectivity index (χ0v) is 23.1. The summed E-state index contributed by atoms with van der Waals surface area (Å²) < 4.78 is 23.8. The minimum atomic E-state index is -0.573. The van der Waals surface area contributed by atoms with Gasteiger partial charge in [0.05, 0.1) is 24.7 Å². The van der Waals surface area contributed by atoms with Gasteiger partial charge in [-0.05, 0) is 35.7 Å². The van der Waals surface area contributed by atoms with E-state index in [1.807, 2.05) is 42.5 Å². The maximum Gasteiger partial charge on any atom is 0.355 e. The van der Waals surface area contributed by atoms with Gasteiger partial charge < -0.3 is 24.7 Å². The highest BCUT2D eigenvalue weighted by Gasteiger charge is 2.32. The Balaban J connectivity index is 1.47. The SMILES string of the molecule is COc1cc(C2C(C#N)=C(N)Oc3cc(OC(=O)c4sc5ccccc5c4Cl)ccc32)ccc1OCC(C)C. The number of rotatable bonds is 7. The molecule has 0 bridgehead atoms. The van der Waals surface area contributed by atoms with E-state index in [1.54, 1.807) is 25.3 Å². The van der Waals surface area contributed by atoms with Crippen LogP contribution in [0.2, 0.25) is 5.02 Å². The van der Waals surface area contributed by atoms with Crippen LogP contribution >= 0.6 is 22.9 Å². The van der Waals surface area contributed by atoms with Gasteiger partial charge in [0.15, 0.2) is 11.5 Å². The lowest BCUT2D eigenvalue weighted by Gasteiger charge is -2.27. The number of benzene rings is 3. The first-order valence-corrected chi connectivity index (χ1v) is 13.4. The van der Waals surface area contributed by atoms with Crippen molar-refractivity contribution in [2.45, 2.75) is 19.8 Å². The molecule has 3 aromatic carbocycles. The molecule has 0 saturated heterocycles. The summed E-state index contributed by atoms with van der Waals surface area (Å²) in [5.74, 6) is 1.03. The van der Waals surface area contributed by atoms with Crippen molar-refractivity contribution in [3.05, 3.63) is 93.1 Å². The van der Waals surface area contributed by atoms with Gasteiger partial charge in [0.1, 0.15) is 28.0 Å². The third kappa shape index (κ3) is 5.11. The second kappa shape index (κ2) is 10.9. The molecule has 1 atom stereocenters. The van der Waals surface area contributed by atoms with Crippen LogP contribution in [-0.2, 0) is 0 Å². The van der Waals surface area contributed by atoms with E-state index in [2.05, 4.69) is 19.9 Å². The molecule has 2 heterocycles. The number of nitriles is 1. The van der Waals surface area contributed by atoms with Crippen molar-refractivity contribution < 1.29 is 23.7 Å². The highest BCUT2D eigenvalue weighted by molar-refractivity contribution is 7.21. The molecular weight excluding hydrogens is 536 g/mol. The number of halogens is 1. The molecular formula is C30H25ClN2O5S. The monoisotopic (exact) mass is 560 g/mol. The number of hydrogen-bond donors (Lipinski definition) is 1. The molecule has 198 valence electrons. The van der Waals surface area contributed by atoms with Crippen LogP contribution in [0.25, 0.3) is 10.1 Å². The number of ether oxygens (including phenoxy) is 4. The van der Waals surface area contributed by atoms with Gasteiger partial charge in [0.25, 0.3) is 0 Å². The normalized spacial score (nSPS) is 14.5. The second-order valence-corrected chi connectivity index (χ2v) is 10.8. The number of fused-ring (bicyclic) bond motifs is 2. The quantitative estimate of drug-likeness (QED) is 0.191. The van der Waals surface area contributed by atoms with Crippen molar-refractivity contribution in [2.75, 3.05) is 13.7 Å². The summed E-state index contributed by atoms with van der Waals surface area (Å²) in [6.45, 7) is 4.67. The first-order valence-electron chi connectivity index (χ1n) is 12.2. The van der Waals surface area contributed by atoms with E-state index in [4.69, 9.17) is 36.3 Å². The lowest BCUT2D eigenvalue weighted by Crippen LogP contribution is -2.21. The molecule has 39 heavy (non-hydrogen) atoms. The number of thiophene rings is 1. The third-order valence-electron chi connectivity index (χ3n) is 6.21. The van der Waals surface area contributed by atoms with Crippen LogP contribution in [0.1, 0.15) is 40.6 Å². The molecule has 0 amide bonds. The van der Waals surface area contributed by atoms with Gasteiger partial charge in [-0.25, -0.2) is 4.79 Å². The van der Waals surface area contributed by atoms with Crippen LogP contribution in [0.15, 0.2) is 72.1 Å². The Labute approximate surface area is 234 Å². The summed E-state index contributed by atoms with van der Waals surface area (Å²) in [4.78, 5) is 13.3. The highest BCUT2D eigenvalue weighted by Crippen LogP contribution is 2.45. The van der Waals surface area contributed by atoms with E-state index in [9.17, 15) is 10.1 Å². The standard InChI is InChI=1S/C30H25ClN2O5S/c1-16(2)15-36-22-11-8-17(12-24(22)35-3)26-19-10-9-18(13-23(19)38-29(33)21(26)14-32)37-30(34)28-27(31)20-6-4-5-7-25(20)39-28/h4-13,16,26H,15,33H2,1-3H3. The zero-order chi connectivity index (χ0) is 27.7. The Morgan fingerprint density at radius 3 is 2.67 bits per heavy atom. The Morgan fingerprint density at radius 1 is 1.15 bits per heavy atom. The fraction of sp³-hybridized carbons (Fsp3) is 0.200. The fourth-order valence-corrected chi connectivity index (χ4v) is 5.77. The van der Waals surface area contributed by atoms with Gasteiger partial charge >= 0.3 is 5.97 Å². The lowest BCUT2D eigenvalue weighted by molar-refractivity contribution is 0.0740. The van der Waals surface area contributed by atoms with Gasteiger partial charge in [-0.2, -0.15) is 5.26 Å². The van der Waals surface area contributed by atoms with Gasteiger partial charge in [0.2, 0.25) is 5.88 Å². The van der Waals surface area contributed by atoms with Crippen molar-refractivity contribution in [1.29, 1.82) is 5.26 Å². The molecule has 1 unspecified atom stereocenters. The smallest absolute Gasteiger partial charge is 0.355 e. The Hall–Kier alpha value is -4.19. The van der Waals surface area contributed by atoms with E-state index in [0.29, 0.717) is 45.2 Å². The van der Waals surface area contributed by atoms with Crippen molar-refractivity contribution >= 4 is 39.0 Å². The number of allylic oxidation sites excluding steroid dienone is 1. The van der Waals surface area contributed by atoms with E-state index >= 15 is 0 Å². The Kier molecular flexibility index (Phi) is 7.38. The number of methoxy groups -OCH3 is 1. The predicted molar refractivity (Wildman–Crippen MR) is 151 cm³/mol. The molecule has 0 radical (unpaired) electrons. The van der Waals surface area contributed by atoms with Crippen LogP contribution in [-0.4, -0.2) is 19.7 Å². The van der Waals surface area contributed by atoms with Crippen molar-refractivity contribution in [3.8, 4) is 29.1 Å². The summed E-state index contributed by atoms with van der Waals surface area (Å²) in [5, 5.41) is 11.1. The minimum Gasteiger partial charge on any atom is -0.493 e. The topological polar surface area (TPSA) is 104 Å². The van der Waals surface area contributed by atoms with E-state index in [-0.39, 0.29) is 17.2 Å². The predicted octanol–water partition coefficient (Wildman–Crippen LogP) is 7.04. The molecule has 9 heteroatoms. The summed E-state index contributed by atoms with van der Waals surface area (Å²) in [7, 11) is 1.57.